The Bertz CT molecular complexity index is 2030. The molecule has 0 radical (unpaired) electrons. The highest BCUT2D eigenvalue weighted by atomic mass is 35.5. The number of likely N-dealkylation sites (tertiary alicyclic amines) is 1. The standard InChI is InChI=1S/C39H45ClFN7O4/c1-6-8-11-25-14-27(28-18-42-24(5)43-19-28)15-29-35(23(4)49)46-47(36(25)29)20-33(51)48-31(38(52)44-17-26-12-9-13-30(40)34(26)41)16-39(22(3)37(39)48)21-45-32(50)10-7-2/h9,12-15,18-19,22,31,37H,6-8,10-11,16-17,20-21H2,1-5H3,(H,44,52)(H,45,50)/t22-,31-,37?,39+/m0/s1. The second kappa shape index (κ2) is 15.1. The van der Waals surface area contributed by atoms with Gasteiger partial charge in [-0.15, -0.1) is 0 Å². The number of Topliss-reactive ketones (excluding diaryl/α,β-unsaturated/α-hetero) is 1. The van der Waals surface area contributed by atoms with Crippen LogP contribution in [0, 0.1) is 24.1 Å². The van der Waals surface area contributed by atoms with Gasteiger partial charge in [-0.25, -0.2) is 14.4 Å². The van der Waals surface area contributed by atoms with Crippen LogP contribution in [-0.4, -0.2) is 66.8 Å². The summed E-state index contributed by atoms with van der Waals surface area (Å²) in [6.45, 7) is 9.36. The van der Waals surface area contributed by atoms with Gasteiger partial charge in [-0.3, -0.25) is 23.9 Å². The lowest BCUT2D eigenvalue weighted by atomic mass is 9.95. The Morgan fingerprint density at radius 2 is 1.79 bits per heavy atom. The number of aryl methyl sites for hydroxylation is 2. The van der Waals surface area contributed by atoms with Crippen LogP contribution in [0.15, 0.2) is 42.7 Å². The van der Waals surface area contributed by atoms with E-state index >= 15 is 0 Å². The molecule has 2 aliphatic rings. The zero-order valence-electron chi connectivity index (χ0n) is 30.3. The van der Waals surface area contributed by atoms with Crippen molar-refractivity contribution >= 4 is 46.0 Å². The average molecular weight is 730 g/mol. The van der Waals surface area contributed by atoms with Crippen molar-refractivity contribution < 1.29 is 23.6 Å². The van der Waals surface area contributed by atoms with Crippen molar-refractivity contribution in [3.63, 3.8) is 0 Å². The number of hydrogen-bond acceptors (Lipinski definition) is 7. The minimum absolute atomic E-state index is 0.0225. The summed E-state index contributed by atoms with van der Waals surface area (Å²) in [6.07, 6.45) is 7.44. The van der Waals surface area contributed by atoms with Gasteiger partial charge in [0.1, 0.15) is 29.9 Å². The highest BCUT2D eigenvalue weighted by Crippen LogP contribution is 2.64. The van der Waals surface area contributed by atoms with Crippen molar-refractivity contribution in [3.05, 3.63) is 76.2 Å². The first-order chi connectivity index (χ1) is 24.9. The molecule has 2 aromatic heterocycles. The number of halogens is 2. The number of piperidine rings is 1. The Kier molecular flexibility index (Phi) is 10.8. The van der Waals surface area contributed by atoms with Crippen molar-refractivity contribution in [2.24, 2.45) is 11.3 Å². The lowest BCUT2D eigenvalue weighted by Gasteiger charge is -2.28. The number of amides is 3. The molecule has 4 aromatic rings. The molecule has 52 heavy (non-hydrogen) atoms. The lowest BCUT2D eigenvalue weighted by molar-refractivity contribution is -0.140. The topological polar surface area (TPSA) is 139 Å². The zero-order valence-corrected chi connectivity index (χ0v) is 31.0. The molecule has 1 saturated heterocycles. The number of fused-ring (bicyclic) bond motifs is 2. The van der Waals surface area contributed by atoms with E-state index in [2.05, 4.69) is 27.5 Å². The predicted octanol–water partition coefficient (Wildman–Crippen LogP) is 5.98. The van der Waals surface area contributed by atoms with Crippen LogP contribution in [-0.2, 0) is 33.9 Å². The number of nitrogens with one attached hydrogen (secondary N) is 2. The minimum atomic E-state index is -0.860. The quantitative estimate of drug-likeness (QED) is 0.152. The molecule has 6 rings (SSSR count). The van der Waals surface area contributed by atoms with E-state index in [0.29, 0.717) is 49.0 Å². The monoisotopic (exact) mass is 729 g/mol. The summed E-state index contributed by atoms with van der Waals surface area (Å²) in [5, 5.41) is 11.2. The van der Waals surface area contributed by atoms with Crippen molar-refractivity contribution in [1.29, 1.82) is 0 Å². The zero-order chi connectivity index (χ0) is 37.3. The third kappa shape index (κ3) is 7.05. The van der Waals surface area contributed by atoms with Gasteiger partial charge in [-0.2, -0.15) is 5.10 Å². The molecule has 4 atom stereocenters. The van der Waals surface area contributed by atoms with Gasteiger partial charge in [0.2, 0.25) is 17.7 Å². The SMILES string of the molecule is CCCCc1cc(-c2cnc(C)nc2)cc2c(C(C)=O)nn(CC(=O)N3C4[C@H](C)[C@]4(CNC(=O)CCC)C[C@H]3C(=O)NCc3cccc(Cl)c3F)c12. The maximum atomic E-state index is 14.7. The van der Waals surface area contributed by atoms with E-state index in [1.54, 1.807) is 34.1 Å². The molecule has 13 heteroatoms. The van der Waals surface area contributed by atoms with Crippen LogP contribution in [0.3, 0.4) is 0 Å². The number of hydrogen-bond donors (Lipinski definition) is 2. The molecule has 1 saturated carbocycles. The van der Waals surface area contributed by atoms with Crippen molar-refractivity contribution in [2.45, 2.75) is 98.3 Å². The Morgan fingerprint density at radius 1 is 1.04 bits per heavy atom. The largest absolute Gasteiger partial charge is 0.355 e. The fraction of sp³-hybridized carbons (Fsp3) is 0.462. The molecule has 1 unspecified atom stereocenters. The van der Waals surface area contributed by atoms with Gasteiger partial charge in [-0.05, 0) is 67.9 Å². The maximum Gasteiger partial charge on any atom is 0.245 e. The van der Waals surface area contributed by atoms with Crippen LogP contribution in [0.2, 0.25) is 5.02 Å². The summed E-state index contributed by atoms with van der Waals surface area (Å²) < 4.78 is 16.3. The molecule has 2 fully saturated rings. The van der Waals surface area contributed by atoms with Crippen LogP contribution in [0.25, 0.3) is 22.0 Å². The van der Waals surface area contributed by atoms with Gasteiger partial charge in [0.25, 0.3) is 0 Å². The summed E-state index contributed by atoms with van der Waals surface area (Å²) in [4.78, 5) is 64.3. The van der Waals surface area contributed by atoms with E-state index in [9.17, 15) is 23.6 Å². The summed E-state index contributed by atoms with van der Waals surface area (Å²) in [7, 11) is 0. The molecule has 0 bridgehead atoms. The fourth-order valence-electron chi connectivity index (χ4n) is 7.85. The summed E-state index contributed by atoms with van der Waals surface area (Å²) in [5.74, 6) is -1.01. The first kappa shape index (κ1) is 37.1. The first-order valence-electron chi connectivity index (χ1n) is 18.0. The molecular weight excluding hydrogens is 685 g/mol. The smallest absolute Gasteiger partial charge is 0.245 e. The summed E-state index contributed by atoms with van der Waals surface area (Å²) >= 11 is 5.98. The molecule has 1 aliphatic carbocycles. The first-order valence-corrected chi connectivity index (χ1v) is 18.4. The van der Waals surface area contributed by atoms with E-state index in [4.69, 9.17) is 16.7 Å². The third-order valence-electron chi connectivity index (χ3n) is 10.7. The Labute approximate surface area is 307 Å². The van der Waals surface area contributed by atoms with E-state index in [-0.39, 0.29) is 58.9 Å². The maximum absolute atomic E-state index is 14.7. The van der Waals surface area contributed by atoms with Crippen LogP contribution < -0.4 is 10.6 Å². The van der Waals surface area contributed by atoms with Gasteiger partial charge in [0.05, 0.1) is 10.5 Å². The van der Waals surface area contributed by atoms with Gasteiger partial charge in [0.15, 0.2) is 5.78 Å². The molecule has 3 heterocycles. The van der Waals surface area contributed by atoms with Crippen molar-refractivity contribution in [3.8, 4) is 11.1 Å². The molecule has 274 valence electrons. The number of aromatic nitrogens is 4. The Balaban J connectivity index is 1.35. The molecule has 0 spiro atoms. The number of rotatable bonds is 14. The van der Waals surface area contributed by atoms with Gasteiger partial charge in [0, 0.05) is 66.8 Å². The van der Waals surface area contributed by atoms with E-state index in [0.717, 1.165) is 29.5 Å². The fourth-order valence-corrected chi connectivity index (χ4v) is 8.05. The predicted molar refractivity (Wildman–Crippen MR) is 196 cm³/mol. The summed E-state index contributed by atoms with van der Waals surface area (Å²) in [5.41, 5.74) is 3.28. The number of nitrogens with zero attached hydrogens (tertiary/aromatic N) is 5. The highest BCUT2D eigenvalue weighted by molar-refractivity contribution is 6.30. The number of carbonyl (C=O) groups is 4. The third-order valence-corrected chi connectivity index (χ3v) is 11.0. The van der Waals surface area contributed by atoms with Crippen LogP contribution in [0.5, 0.6) is 0 Å². The molecule has 2 aromatic carbocycles. The number of benzene rings is 2. The Hall–Kier alpha value is -4.71. The molecule has 1 aliphatic heterocycles. The second-order valence-corrected chi connectivity index (χ2v) is 14.6. The summed E-state index contributed by atoms with van der Waals surface area (Å²) in [6, 6.07) is 7.38. The lowest BCUT2D eigenvalue weighted by Crippen LogP contribution is -2.49. The van der Waals surface area contributed by atoms with Gasteiger partial charge >= 0.3 is 0 Å². The molecular formula is C39H45ClFN7O4. The number of unbranched alkanes of at least 4 members (excludes halogenated alkanes) is 1. The van der Waals surface area contributed by atoms with Crippen LogP contribution in [0.4, 0.5) is 4.39 Å². The van der Waals surface area contributed by atoms with E-state index in [1.807, 2.05) is 32.9 Å². The van der Waals surface area contributed by atoms with Crippen molar-refractivity contribution in [1.82, 2.24) is 35.3 Å². The normalized spacial score (nSPS) is 20.5. The Morgan fingerprint density at radius 3 is 2.48 bits per heavy atom. The molecule has 11 nitrogen and oxygen atoms in total. The van der Waals surface area contributed by atoms with Gasteiger partial charge < -0.3 is 15.5 Å². The molecule has 2 N–H and O–H groups in total. The highest BCUT2D eigenvalue weighted by Gasteiger charge is 2.72. The second-order valence-electron chi connectivity index (χ2n) is 14.2. The van der Waals surface area contributed by atoms with Crippen molar-refractivity contribution in [2.75, 3.05) is 6.54 Å². The number of ketones is 1. The molecule has 3 amide bonds. The average Bonchev–Trinajstić information content (AvgIpc) is 3.38. The van der Waals surface area contributed by atoms with Crippen LogP contribution >= 0.6 is 11.6 Å². The van der Waals surface area contributed by atoms with Crippen LogP contribution in [0.1, 0.15) is 87.2 Å². The van der Waals surface area contributed by atoms with E-state index < -0.39 is 23.2 Å². The number of carbonyl (C=O) groups excluding carboxylic acids is 4. The minimum Gasteiger partial charge on any atom is -0.355 e. The van der Waals surface area contributed by atoms with E-state index in [1.165, 1.54) is 13.0 Å². The van der Waals surface area contributed by atoms with Gasteiger partial charge in [-0.1, -0.05) is 50.9 Å².